The third-order valence-electron chi connectivity index (χ3n) is 1.31. The zero-order valence-corrected chi connectivity index (χ0v) is 6.15. The summed E-state index contributed by atoms with van der Waals surface area (Å²) in [4.78, 5) is 10.3. The molecule has 0 aliphatic rings. The van der Waals surface area contributed by atoms with Crippen molar-refractivity contribution in [3.63, 3.8) is 0 Å². The van der Waals surface area contributed by atoms with Crippen molar-refractivity contribution in [2.45, 2.75) is 39.0 Å². The van der Waals surface area contributed by atoms with E-state index in [1.54, 1.807) is 0 Å². The normalized spacial score (nSPS) is 9.56. The molecule has 0 N–H and O–H groups in total. The maximum Gasteiger partial charge on any atom is 0.133 e. The van der Waals surface area contributed by atoms with Gasteiger partial charge in [-0.25, -0.2) is 0 Å². The van der Waals surface area contributed by atoms with Gasteiger partial charge in [0.05, 0.1) is 0 Å². The van der Waals surface area contributed by atoms with E-state index in [-0.39, 0.29) is 5.78 Å². The molecular formula is C8H15O. The topological polar surface area (TPSA) is 17.1 Å². The third kappa shape index (κ3) is 7.67. The standard InChI is InChI=1S/C8H15O/c1-3-4-5-6-7-8(2)9/h2-7H2,1H3. The molecule has 0 fully saturated rings. The van der Waals surface area contributed by atoms with Gasteiger partial charge in [-0.15, -0.1) is 0 Å². The van der Waals surface area contributed by atoms with Gasteiger partial charge < -0.3 is 0 Å². The number of carbonyl (C=O) groups excluding carboxylic acids is 1. The number of Topliss-reactive ketones (excluding diaryl/α,β-unsaturated/α-hetero) is 1. The van der Waals surface area contributed by atoms with Crippen molar-refractivity contribution >= 4 is 5.78 Å². The predicted octanol–water partition coefficient (Wildman–Crippen LogP) is 2.36. The molecule has 0 aliphatic heterocycles. The molecule has 0 aromatic heterocycles. The lowest BCUT2D eigenvalue weighted by molar-refractivity contribution is -0.114. The van der Waals surface area contributed by atoms with Crippen LogP contribution in [0.25, 0.3) is 0 Å². The van der Waals surface area contributed by atoms with E-state index < -0.39 is 0 Å². The van der Waals surface area contributed by atoms with Crippen molar-refractivity contribution in [1.29, 1.82) is 0 Å². The van der Waals surface area contributed by atoms with Gasteiger partial charge >= 0.3 is 0 Å². The zero-order chi connectivity index (χ0) is 7.11. The van der Waals surface area contributed by atoms with E-state index in [9.17, 15) is 4.79 Å². The zero-order valence-electron chi connectivity index (χ0n) is 6.15. The Balaban J connectivity index is 2.83. The van der Waals surface area contributed by atoms with Crippen LogP contribution < -0.4 is 0 Å². The summed E-state index contributed by atoms with van der Waals surface area (Å²) < 4.78 is 0. The van der Waals surface area contributed by atoms with Crippen LogP contribution in [0.1, 0.15) is 39.0 Å². The second-order valence-electron chi connectivity index (χ2n) is 2.35. The fraction of sp³-hybridized carbons (Fsp3) is 0.750. The Morgan fingerprint density at radius 2 is 2.00 bits per heavy atom. The first-order chi connectivity index (χ1) is 4.27. The van der Waals surface area contributed by atoms with Gasteiger partial charge in [0.15, 0.2) is 0 Å². The number of ketones is 1. The van der Waals surface area contributed by atoms with Crippen LogP contribution in [-0.4, -0.2) is 5.78 Å². The van der Waals surface area contributed by atoms with Gasteiger partial charge in [-0.05, 0) is 6.42 Å². The molecule has 0 saturated heterocycles. The molecule has 0 unspecified atom stereocenters. The molecule has 0 aliphatic carbocycles. The maximum absolute atomic E-state index is 10.3. The van der Waals surface area contributed by atoms with Crippen LogP contribution in [0.4, 0.5) is 0 Å². The summed E-state index contributed by atoms with van der Waals surface area (Å²) in [6, 6.07) is 0. The minimum absolute atomic E-state index is 0.0751. The Labute approximate surface area is 57.5 Å². The molecule has 0 amide bonds. The number of hydrogen-bond acceptors (Lipinski definition) is 1. The molecule has 0 heterocycles. The monoisotopic (exact) mass is 127 g/mol. The first kappa shape index (κ1) is 8.67. The Morgan fingerprint density at radius 1 is 1.33 bits per heavy atom. The Hall–Kier alpha value is -0.330. The molecule has 53 valence electrons. The molecule has 0 spiro atoms. The SMILES string of the molecule is [CH2]C(=O)CCCCCC. The molecule has 1 radical (unpaired) electrons. The summed E-state index contributed by atoms with van der Waals surface area (Å²) in [5.74, 6) is 0.0751. The van der Waals surface area contributed by atoms with E-state index in [2.05, 4.69) is 13.8 Å². The van der Waals surface area contributed by atoms with Crippen molar-refractivity contribution in [3.8, 4) is 0 Å². The lowest BCUT2D eigenvalue weighted by Gasteiger charge is -1.93. The molecule has 9 heavy (non-hydrogen) atoms. The summed E-state index contributed by atoms with van der Waals surface area (Å²) in [6.45, 7) is 5.46. The van der Waals surface area contributed by atoms with Gasteiger partial charge in [0.25, 0.3) is 0 Å². The van der Waals surface area contributed by atoms with Crippen LogP contribution in [0.2, 0.25) is 0 Å². The lowest BCUT2D eigenvalue weighted by atomic mass is 10.1. The number of unbranched alkanes of at least 4 members (excludes halogenated alkanes) is 3. The van der Waals surface area contributed by atoms with Crippen LogP contribution in [0, 0.1) is 6.92 Å². The van der Waals surface area contributed by atoms with E-state index in [1.807, 2.05) is 0 Å². The van der Waals surface area contributed by atoms with Gasteiger partial charge in [0.2, 0.25) is 0 Å². The van der Waals surface area contributed by atoms with Gasteiger partial charge in [-0.2, -0.15) is 0 Å². The number of rotatable bonds is 5. The van der Waals surface area contributed by atoms with Crippen molar-refractivity contribution < 1.29 is 4.79 Å². The maximum atomic E-state index is 10.3. The van der Waals surface area contributed by atoms with Crippen molar-refractivity contribution in [2.24, 2.45) is 0 Å². The molecule has 0 saturated carbocycles. The van der Waals surface area contributed by atoms with Crippen LogP contribution >= 0.6 is 0 Å². The summed E-state index contributed by atoms with van der Waals surface area (Å²) in [6.07, 6.45) is 5.34. The number of carbonyl (C=O) groups is 1. The second kappa shape index (κ2) is 5.80. The summed E-state index contributed by atoms with van der Waals surface area (Å²) in [5, 5.41) is 0. The summed E-state index contributed by atoms with van der Waals surface area (Å²) >= 11 is 0. The molecule has 0 aromatic carbocycles. The highest BCUT2D eigenvalue weighted by Crippen LogP contribution is 2.01. The van der Waals surface area contributed by atoms with E-state index in [0.29, 0.717) is 6.42 Å². The van der Waals surface area contributed by atoms with Gasteiger partial charge in [-0.1, -0.05) is 26.2 Å². The fourth-order valence-corrected chi connectivity index (χ4v) is 0.749. The van der Waals surface area contributed by atoms with Crippen LogP contribution in [0.3, 0.4) is 0 Å². The molecule has 0 bridgehead atoms. The van der Waals surface area contributed by atoms with Crippen molar-refractivity contribution in [2.75, 3.05) is 0 Å². The first-order valence-electron chi connectivity index (χ1n) is 3.62. The largest absolute Gasteiger partial charge is 0.300 e. The minimum atomic E-state index is 0.0751. The van der Waals surface area contributed by atoms with E-state index >= 15 is 0 Å². The van der Waals surface area contributed by atoms with Gasteiger partial charge in [0.1, 0.15) is 5.78 Å². The predicted molar refractivity (Wildman–Crippen MR) is 39.1 cm³/mol. The molecule has 0 atom stereocenters. The van der Waals surface area contributed by atoms with Crippen molar-refractivity contribution in [3.05, 3.63) is 6.92 Å². The van der Waals surface area contributed by atoms with E-state index in [1.165, 1.54) is 19.3 Å². The van der Waals surface area contributed by atoms with Gasteiger partial charge in [-0.3, -0.25) is 4.79 Å². The van der Waals surface area contributed by atoms with Crippen LogP contribution in [0.15, 0.2) is 0 Å². The van der Waals surface area contributed by atoms with Crippen LogP contribution in [-0.2, 0) is 4.79 Å². The third-order valence-corrected chi connectivity index (χ3v) is 1.31. The highest BCUT2D eigenvalue weighted by atomic mass is 16.1. The Kier molecular flexibility index (Phi) is 5.59. The Morgan fingerprint density at radius 3 is 2.44 bits per heavy atom. The van der Waals surface area contributed by atoms with Gasteiger partial charge in [0, 0.05) is 13.3 Å². The summed E-state index contributed by atoms with van der Waals surface area (Å²) in [7, 11) is 0. The van der Waals surface area contributed by atoms with Crippen LogP contribution in [0.5, 0.6) is 0 Å². The smallest absolute Gasteiger partial charge is 0.133 e. The average molecular weight is 127 g/mol. The van der Waals surface area contributed by atoms with E-state index in [4.69, 9.17) is 0 Å². The minimum Gasteiger partial charge on any atom is -0.300 e. The highest BCUT2D eigenvalue weighted by Gasteiger charge is 1.91. The molecule has 0 aromatic rings. The summed E-state index contributed by atoms with van der Waals surface area (Å²) in [5.41, 5.74) is 0. The Bertz CT molecular complexity index is 76.6. The fourth-order valence-electron chi connectivity index (χ4n) is 0.749. The number of hydrogen-bond donors (Lipinski definition) is 0. The molecule has 1 nitrogen and oxygen atoms in total. The first-order valence-corrected chi connectivity index (χ1v) is 3.62. The quantitative estimate of drug-likeness (QED) is 0.518. The van der Waals surface area contributed by atoms with E-state index in [0.717, 1.165) is 6.42 Å². The second-order valence-corrected chi connectivity index (χ2v) is 2.35. The highest BCUT2D eigenvalue weighted by molar-refractivity contribution is 5.82. The van der Waals surface area contributed by atoms with Crippen molar-refractivity contribution in [1.82, 2.24) is 0 Å². The lowest BCUT2D eigenvalue weighted by Crippen LogP contribution is -1.88. The average Bonchev–Trinajstić information content (AvgIpc) is 1.80. The molecule has 0 rings (SSSR count). The molecular weight excluding hydrogens is 112 g/mol. The molecule has 1 heteroatoms.